The van der Waals surface area contributed by atoms with E-state index in [4.69, 9.17) is 15.2 Å². The molecule has 156 valence electrons. The number of carbonyl (C=O) groups excluding carboxylic acids is 2. The molecule has 0 spiro atoms. The van der Waals surface area contributed by atoms with E-state index in [-0.39, 0.29) is 18.4 Å². The first-order valence-corrected chi connectivity index (χ1v) is 10.1. The highest BCUT2D eigenvalue weighted by molar-refractivity contribution is 5.97. The molecule has 30 heavy (non-hydrogen) atoms. The van der Waals surface area contributed by atoms with E-state index in [1.54, 1.807) is 0 Å². The quantitative estimate of drug-likeness (QED) is 0.636. The summed E-state index contributed by atoms with van der Waals surface area (Å²) >= 11 is 0. The predicted octanol–water partition coefficient (Wildman–Crippen LogP) is 3.37. The Kier molecular flexibility index (Phi) is 5.24. The predicted molar refractivity (Wildman–Crippen MR) is 115 cm³/mol. The van der Waals surface area contributed by atoms with Crippen LogP contribution in [0.5, 0.6) is 5.75 Å². The van der Waals surface area contributed by atoms with E-state index in [2.05, 4.69) is 36.6 Å². The number of nitrogens with two attached hydrogens (primary N) is 1. The maximum atomic E-state index is 12.2. The highest BCUT2D eigenvalue weighted by Gasteiger charge is 2.34. The zero-order chi connectivity index (χ0) is 21.4. The van der Waals surface area contributed by atoms with Gasteiger partial charge >= 0.3 is 5.97 Å². The molecule has 0 radical (unpaired) electrons. The highest BCUT2D eigenvalue weighted by atomic mass is 16.6. The van der Waals surface area contributed by atoms with Gasteiger partial charge in [0, 0.05) is 17.6 Å². The third kappa shape index (κ3) is 3.43. The van der Waals surface area contributed by atoms with Crippen molar-refractivity contribution >= 4 is 22.8 Å². The molecule has 1 unspecified atom stereocenters. The first-order valence-electron chi connectivity index (χ1n) is 10.1. The first-order chi connectivity index (χ1) is 14.4. The largest absolute Gasteiger partial charge is 0.481 e. The molecule has 0 aliphatic heterocycles. The van der Waals surface area contributed by atoms with Gasteiger partial charge in [-0.25, -0.2) is 4.79 Å². The van der Waals surface area contributed by atoms with Gasteiger partial charge in [-0.3, -0.25) is 4.79 Å². The number of aryl methyl sites for hydroxylation is 2. The zero-order valence-electron chi connectivity index (χ0n) is 17.5. The van der Waals surface area contributed by atoms with E-state index < -0.39 is 5.97 Å². The minimum Gasteiger partial charge on any atom is -0.481 e. The van der Waals surface area contributed by atoms with Gasteiger partial charge in [0.1, 0.15) is 5.75 Å². The van der Waals surface area contributed by atoms with Crippen LogP contribution < -0.4 is 10.5 Å². The minimum atomic E-state index is -0.454. The van der Waals surface area contributed by atoms with Crippen LogP contribution in [0, 0.1) is 13.8 Å². The molecule has 2 aromatic carbocycles. The van der Waals surface area contributed by atoms with Gasteiger partial charge in [0.15, 0.2) is 6.61 Å². The number of amides is 1. The summed E-state index contributed by atoms with van der Waals surface area (Å²) < 4.78 is 12.7. The molecule has 0 saturated heterocycles. The average Bonchev–Trinajstić information content (AvgIpc) is 3.28. The van der Waals surface area contributed by atoms with E-state index in [0.29, 0.717) is 18.7 Å². The van der Waals surface area contributed by atoms with Crippen molar-refractivity contribution in [1.82, 2.24) is 4.57 Å². The molecule has 6 heteroatoms. The van der Waals surface area contributed by atoms with Gasteiger partial charge in [-0.1, -0.05) is 24.3 Å². The van der Waals surface area contributed by atoms with E-state index >= 15 is 0 Å². The molecule has 1 amide bonds. The number of esters is 1. The van der Waals surface area contributed by atoms with Gasteiger partial charge in [-0.15, -0.1) is 0 Å². The van der Waals surface area contributed by atoms with Gasteiger partial charge in [0.05, 0.1) is 18.5 Å². The van der Waals surface area contributed by atoms with Crippen molar-refractivity contribution in [2.45, 2.75) is 39.2 Å². The summed E-state index contributed by atoms with van der Waals surface area (Å²) in [6.45, 7) is 4.72. The smallest absolute Gasteiger partial charge is 0.343 e. The standard InChI is InChI=1S/C24H26N2O4/c1-14-7-8-16(11-15(14)2)12-26-18-5-4-6-20(30-13-21(27)29-3)23(18)22-17(24(25)28)9-10-19(22)26/h4-8,11,17H,9-10,12-13H2,1-3H3,(H2,25,28). The third-order valence-corrected chi connectivity index (χ3v) is 6.05. The van der Waals surface area contributed by atoms with Crippen molar-refractivity contribution in [2.24, 2.45) is 5.73 Å². The molecule has 1 aromatic heterocycles. The number of carbonyl (C=O) groups is 2. The summed E-state index contributed by atoms with van der Waals surface area (Å²) in [5.41, 5.74) is 12.5. The maximum Gasteiger partial charge on any atom is 0.343 e. The second kappa shape index (κ2) is 7.86. The summed E-state index contributed by atoms with van der Waals surface area (Å²) in [5.74, 6) is -0.570. The van der Waals surface area contributed by atoms with Crippen molar-refractivity contribution < 1.29 is 19.1 Å². The number of methoxy groups -OCH3 is 1. The normalized spacial score (nSPS) is 15.2. The molecular formula is C24H26N2O4. The topological polar surface area (TPSA) is 83.6 Å². The van der Waals surface area contributed by atoms with Crippen LogP contribution in [0.3, 0.4) is 0 Å². The fourth-order valence-corrected chi connectivity index (χ4v) is 4.39. The van der Waals surface area contributed by atoms with Crippen molar-refractivity contribution in [2.75, 3.05) is 13.7 Å². The summed E-state index contributed by atoms with van der Waals surface area (Å²) in [6, 6.07) is 12.2. The second-order valence-electron chi connectivity index (χ2n) is 7.87. The Morgan fingerprint density at radius 2 is 1.97 bits per heavy atom. The van der Waals surface area contributed by atoms with Gasteiger partial charge < -0.3 is 19.8 Å². The maximum absolute atomic E-state index is 12.2. The molecule has 1 aliphatic rings. The molecular weight excluding hydrogens is 380 g/mol. The lowest BCUT2D eigenvalue weighted by atomic mass is 9.99. The lowest BCUT2D eigenvalue weighted by molar-refractivity contribution is -0.142. The molecule has 0 saturated carbocycles. The lowest BCUT2D eigenvalue weighted by Crippen LogP contribution is -2.19. The minimum absolute atomic E-state index is 0.187. The molecule has 6 nitrogen and oxygen atoms in total. The zero-order valence-corrected chi connectivity index (χ0v) is 17.5. The molecule has 1 aliphatic carbocycles. The van der Waals surface area contributed by atoms with Crippen LogP contribution in [0.15, 0.2) is 36.4 Å². The Labute approximate surface area is 175 Å². The average molecular weight is 406 g/mol. The van der Waals surface area contributed by atoms with Crippen molar-refractivity contribution in [3.8, 4) is 5.75 Å². The fraction of sp³-hybridized carbons (Fsp3) is 0.333. The number of rotatable bonds is 6. The molecule has 0 bridgehead atoms. The number of aromatic nitrogens is 1. The summed E-state index contributed by atoms with van der Waals surface area (Å²) in [5, 5.41) is 0.863. The van der Waals surface area contributed by atoms with Crippen LogP contribution in [0.4, 0.5) is 0 Å². The van der Waals surface area contributed by atoms with Crippen molar-refractivity contribution in [3.05, 3.63) is 64.3 Å². The van der Waals surface area contributed by atoms with Crippen molar-refractivity contribution in [3.63, 3.8) is 0 Å². The second-order valence-corrected chi connectivity index (χ2v) is 7.87. The molecule has 2 N–H and O–H groups in total. The van der Waals surface area contributed by atoms with Crippen molar-refractivity contribution in [1.29, 1.82) is 0 Å². The van der Waals surface area contributed by atoms with Gasteiger partial charge in [0.2, 0.25) is 5.91 Å². The number of primary amides is 1. The molecule has 4 rings (SSSR count). The van der Waals surface area contributed by atoms with Crippen LogP contribution in [0.2, 0.25) is 0 Å². The number of nitrogens with zero attached hydrogens (tertiary/aromatic N) is 1. The fourth-order valence-electron chi connectivity index (χ4n) is 4.39. The number of hydrogen-bond donors (Lipinski definition) is 1. The number of ether oxygens (including phenoxy) is 2. The summed E-state index contributed by atoms with van der Waals surface area (Å²) in [4.78, 5) is 23.8. The van der Waals surface area contributed by atoms with Crippen LogP contribution in [-0.2, 0) is 27.3 Å². The molecule has 0 fully saturated rings. The Balaban J connectivity index is 1.85. The Hall–Kier alpha value is -3.28. The van der Waals surface area contributed by atoms with E-state index in [1.165, 1.54) is 23.8 Å². The van der Waals surface area contributed by atoms with Crippen LogP contribution in [0.1, 0.15) is 40.3 Å². The number of hydrogen-bond acceptors (Lipinski definition) is 4. The Morgan fingerprint density at radius 1 is 1.17 bits per heavy atom. The lowest BCUT2D eigenvalue weighted by Gasteiger charge is -2.13. The SMILES string of the molecule is COC(=O)COc1cccc2c1c1c(n2Cc2ccc(C)c(C)c2)CCC1C(N)=O. The molecule has 3 aromatic rings. The van der Waals surface area contributed by atoms with E-state index in [0.717, 1.165) is 28.6 Å². The number of benzene rings is 2. The van der Waals surface area contributed by atoms with Crippen LogP contribution in [-0.4, -0.2) is 30.2 Å². The monoisotopic (exact) mass is 406 g/mol. The van der Waals surface area contributed by atoms with E-state index in [1.807, 2.05) is 18.2 Å². The first kappa shape index (κ1) is 20.0. The van der Waals surface area contributed by atoms with Gasteiger partial charge in [0.25, 0.3) is 0 Å². The van der Waals surface area contributed by atoms with Gasteiger partial charge in [-0.05, 0) is 61.1 Å². The number of fused-ring (bicyclic) bond motifs is 3. The highest BCUT2D eigenvalue weighted by Crippen LogP contribution is 2.44. The van der Waals surface area contributed by atoms with Crippen LogP contribution >= 0.6 is 0 Å². The Bertz CT molecular complexity index is 1150. The Morgan fingerprint density at radius 3 is 2.67 bits per heavy atom. The summed E-state index contributed by atoms with van der Waals surface area (Å²) in [6.07, 6.45) is 1.47. The third-order valence-electron chi connectivity index (χ3n) is 6.05. The molecule has 1 atom stereocenters. The summed E-state index contributed by atoms with van der Waals surface area (Å²) in [7, 11) is 1.33. The van der Waals surface area contributed by atoms with Crippen LogP contribution in [0.25, 0.3) is 10.9 Å². The molecule has 1 heterocycles. The van der Waals surface area contributed by atoms with E-state index in [9.17, 15) is 9.59 Å². The van der Waals surface area contributed by atoms with Gasteiger partial charge in [-0.2, -0.15) is 0 Å².